The molecule has 0 saturated carbocycles. The van der Waals surface area contributed by atoms with Gasteiger partial charge in [0.15, 0.2) is 0 Å². The summed E-state index contributed by atoms with van der Waals surface area (Å²) in [5.74, 6) is 0.242. The molecule has 1 aliphatic rings. The van der Waals surface area contributed by atoms with Gasteiger partial charge in [0, 0.05) is 6.04 Å². The highest BCUT2D eigenvalue weighted by Crippen LogP contribution is 2.32. The van der Waals surface area contributed by atoms with Crippen molar-refractivity contribution >= 4 is 5.97 Å². The highest BCUT2D eigenvalue weighted by atomic mass is 16.5. The van der Waals surface area contributed by atoms with Crippen LogP contribution in [0.5, 0.6) is 5.75 Å². The Morgan fingerprint density at radius 1 is 1.47 bits per heavy atom. The zero-order valence-electron chi connectivity index (χ0n) is 10.2. The molecule has 2 rings (SSSR count). The monoisotopic (exact) mass is 235 g/mol. The largest absolute Gasteiger partial charge is 0.496 e. The number of methoxy groups -OCH3 is 1. The third-order valence-electron chi connectivity index (χ3n) is 3.02. The number of esters is 1. The van der Waals surface area contributed by atoms with E-state index in [-0.39, 0.29) is 12.0 Å². The first-order valence-electron chi connectivity index (χ1n) is 5.78. The van der Waals surface area contributed by atoms with Crippen LogP contribution in [-0.2, 0) is 17.6 Å². The number of hydrogen-bond acceptors (Lipinski definition) is 4. The summed E-state index contributed by atoms with van der Waals surface area (Å²) in [5.41, 5.74) is 8.58. The predicted octanol–water partition coefficient (Wildman–Crippen LogP) is 1.30. The smallest absolute Gasteiger partial charge is 0.342 e. The van der Waals surface area contributed by atoms with Crippen LogP contribution in [0.15, 0.2) is 12.1 Å². The van der Waals surface area contributed by atoms with E-state index in [9.17, 15) is 4.79 Å². The molecule has 0 spiro atoms. The maximum absolute atomic E-state index is 11.9. The van der Waals surface area contributed by atoms with Gasteiger partial charge in [0.1, 0.15) is 11.3 Å². The van der Waals surface area contributed by atoms with Crippen LogP contribution >= 0.6 is 0 Å². The van der Waals surface area contributed by atoms with E-state index in [0.717, 1.165) is 17.5 Å². The fraction of sp³-hybridized carbons (Fsp3) is 0.462. The second kappa shape index (κ2) is 4.75. The van der Waals surface area contributed by atoms with Crippen molar-refractivity contribution in [1.82, 2.24) is 0 Å². The van der Waals surface area contributed by atoms with E-state index in [1.165, 1.54) is 0 Å². The van der Waals surface area contributed by atoms with E-state index in [0.29, 0.717) is 24.3 Å². The summed E-state index contributed by atoms with van der Waals surface area (Å²) in [7, 11) is 1.55. The number of nitrogens with two attached hydrogens (primary N) is 1. The molecule has 0 saturated heterocycles. The van der Waals surface area contributed by atoms with Crippen molar-refractivity contribution in [3.05, 3.63) is 28.8 Å². The lowest BCUT2D eigenvalue weighted by molar-refractivity contribution is 0.0521. The highest BCUT2D eigenvalue weighted by Gasteiger charge is 2.27. The average molecular weight is 235 g/mol. The number of fused-ring (bicyclic) bond motifs is 1. The molecule has 1 aromatic carbocycles. The van der Waals surface area contributed by atoms with E-state index in [4.69, 9.17) is 15.2 Å². The molecule has 0 fully saturated rings. The van der Waals surface area contributed by atoms with E-state index in [2.05, 4.69) is 0 Å². The Balaban J connectivity index is 2.47. The van der Waals surface area contributed by atoms with Gasteiger partial charge in [-0.1, -0.05) is 6.07 Å². The van der Waals surface area contributed by atoms with Crippen LogP contribution in [0.25, 0.3) is 0 Å². The summed E-state index contributed by atoms with van der Waals surface area (Å²) in [6, 6.07) is 3.87. The fourth-order valence-corrected chi connectivity index (χ4v) is 2.31. The summed E-state index contributed by atoms with van der Waals surface area (Å²) >= 11 is 0. The van der Waals surface area contributed by atoms with Crippen molar-refractivity contribution in [2.45, 2.75) is 25.8 Å². The third kappa shape index (κ3) is 2.13. The third-order valence-corrected chi connectivity index (χ3v) is 3.02. The van der Waals surface area contributed by atoms with Gasteiger partial charge in [0.25, 0.3) is 0 Å². The molecular weight excluding hydrogens is 218 g/mol. The Morgan fingerprint density at radius 3 is 2.88 bits per heavy atom. The number of carbonyl (C=O) groups is 1. The van der Waals surface area contributed by atoms with Crippen molar-refractivity contribution in [3.8, 4) is 5.75 Å². The number of ether oxygens (including phenoxy) is 2. The van der Waals surface area contributed by atoms with Gasteiger partial charge in [-0.3, -0.25) is 0 Å². The van der Waals surface area contributed by atoms with Crippen molar-refractivity contribution < 1.29 is 14.3 Å². The van der Waals surface area contributed by atoms with E-state index in [1.54, 1.807) is 14.0 Å². The minimum Gasteiger partial charge on any atom is -0.496 e. The van der Waals surface area contributed by atoms with Gasteiger partial charge in [-0.05, 0) is 37.0 Å². The van der Waals surface area contributed by atoms with Crippen LogP contribution in [0.1, 0.15) is 28.4 Å². The second-order valence-electron chi connectivity index (χ2n) is 4.17. The first-order chi connectivity index (χ1) is 8.17. The molecule has 1 aromatic rings. The van der Waals surface area contributed by atoms with Gasteiger partial charge in [-0.15, -0.1) is 0 Å². The molecule has 4 nitrogen and oxygen atoms in total. The van der Waals surface area contributed by atoms with Crippen LogP contribution in [0, 0.1) is 0 Å². The van der Waals surface area contributed by atoms with Crippen molar-refractivity contribution in [3.63, 3.8) is 0 Å². The summed E-state index contributed by atoms with van der Waals surface area (Å²) in [6.07, 6.45) is 1.52. The molecule has 1 aliphatic carbocycles. The summed E-state index contributed by atoms with van der Waals surface area (Å²) < 4.78 is 10.3. The molecule has 0 amide bonds. The van der Waals surface area contributed by atoms with E-state index < -0.39 is 0 Å². The topological polar surface area (TPSA) is 61.5 Å². The second-order valence-corrected chi connectivity index (χ2v) is 4.17. The van der Waals surface area contributed by atoms with E-state index >= 15 is 0 Å². The number of benzene rings is 1. The zero-order chi connectivity index (χ0) is 12.4. The molecule has 1 atom stereocenters. The maximum Gasteiger partial charge on any atom is 0.342 e. The van der Waals surface area contributed by atoms with Crippen LogP contribution in [0.2, 0.25) is 0 Å². The molecule has 2 N–H and O–H groups in total. The Hall–Kier alpha value is -1.55. The van der Waals surface area contributed by atoms with Crippen LogP contribution in [0.4, 0.5) is 0 Å². The Bertz CT molecular complexity index is 443. The zero-order valence-corrected chi connectivity index (χ0v) is 10.2. The highest BCUT2D eigenvalue weighted by molar-refractivity contribution is 5.95. The van der Waals surface area contributed by atoms with Gasteiger partial charge in [-0.25, -0.2) is 4.79 Å². The first-order valence-corrected chi connectivity index (χ1v) is 5.78. The summed E-state index contributed by atoms with van der Waals surface area (Å²) in [6.45, 7) is 2.15. The van der Waals surface area contributed by atoms with Crippen molar-refractivity contribution in [1.29, 1.82) is 0 Å². The first kappa shape index (κ1) is 11.9. The maximum atomic E-state index is 11.9. The van der Waals surface area contributed by atoms with Crippen molar-refractivity contribution in [2.24, 2.45) is 5.73 Å². The summed E-state index contributed by atoms with van der Waals surface area (Å²) in [5, 5.41) is 0. The van der Waals surface area contributed by atoms with Crippen LogP contribution in [0.3, 0.4) is 0 Å². The molecule has 1 unspecified atom stereocenters. The molecule has 92 valence electrons. The number of carbonyl (C=O) groups excluding carboxylic acids is 1. The molecule has 0 aromatic heterocycles. The van der Waals surface area contributed by atoms with Crippen LogP contribution < -0.4 is 10.5 Å². The van der Waals surface area contributed by atoms with Gasteiger partial charge >= 0.3 is 5.97 Å². The fourth-order valence-electron chi connectivity index (χ4n) is 2.31. The van der Waals surface area contributed by atoms with E-state index in [1.807, 2.05) is 12.1 Å². The SMILES string of the molecule is CCOC(=O)c1c(OC)ccc2c1CC(N)C2. The lowest BCUT2D eigenvalue weighted by Crippen LogP contribution is -2.19. The molecule has 0 radical (unpaired) electrons. The molecule has 0 aliphatic heterocycles. The minimum atomic E-state index is -0.324. The standard InChI is InChI=1S/C13H17NO3/c1-3-17-13(15)12-10-7-9(14)6-8(10)4-5-11(12)16-2/h4-5,9H,3,6-7,14H2,1-2H3. The molecule has 0 heterocycles. The van der Waals surface area contributed by atoms with Gasteiger partial charge in [-0.2, -0.15) is 0 Å². The van der Waals surface area contributed by atoms with Gasteiger partial charge in [0.2, 0.25) is 0 Å². The average Bonchev–Trinajstić information content (AvgIpc) is 2.67. The van der Waals surface area contributed by atoms with Crippen molar-refractivity contribution in [2.75, 3.05) is 13.7 Å². The minimum absolute atomic E-state index is 0.0882. The normalized spacial score (nSPS) is 17.7. The Kier molecular flexibility index (Phi) is 3.33. The quantitative estimate of drug-likeness (QED) is 0.802. The number of hydrogen-bond donors (Lipinski definition) is 1. The molecule has 0 bridgehead atoms. The lowest BCUT2D eigenvalue weighted by Gasteiger charge is -2.12. The number of rotatable bonds is 3. The predicted molar refractivity (Wildman–Crippen MR) is 64.3 cm³/mol. The molecule has 4 heteroatoms. The van der Waals surface area contributed by atoms with Gasteiger partial charge < -0.3 is 15.2 Å². The Morgan fingerprint density at radius 2 is 2.24 bits per heavy atom. The van der Waals surface area contributed by atoms with Gasteiger partial charge in [0.05, 0.1) is 13.7 Å². The lowest BCUT2D eigenvalue weighted by atomic mass is 10.0. The molecular formula is C13H17NO3. The summed E-state index contributed by atoms with van der Waals surface area (Å²) in [4.78, 5) is 11.9. The van der Waals surface area contributed by atoms with Crippen LogP contribution in [-0.4, -0.2) is 25.7 Å². The molecule has 17 heavy (non-hydrogen) atoms. The Labute approximate surface area is 101 Å².